The summed E-state index contributed by atoms with van der Waals surface area (Å²) in [6.07, 6.45) is 5.91. The second-order valence-corrected chi connectivity index (χ2v) is 4.84. The van der Waals surface area contributed by atoms with Crippen LogP contribution in [0.15, 0.2) is 23.0 Å². The molecule has 0 spiro atoms. The molecular formula is C13H18O2. The van der Waals surface area contributed by atoms with Crippen molar-refractivity contribution in [1.29, 1.82) is 0 Å². The van der Waals surface area contributed by atoms with Crippen molar-refractivity contribution < 1.29 is 9.53 Å². The number of fused-ring (bicyclic) bond motifs is 1. The van der Waals surface area contributed by atoms with Gasteiger partial charge in [0, 0.05) is 11.8 Å². The van der Waals surface area contributed by atoms with Crippen LogP contribution in [0.4, 0.5) is 0 Å². The third kappa shape index (κ3) is 1.62. The summed E-state index contributed by atoms with van der Waals surface area (Å²) in [5.41, 5.74) is 2.72. The normalized spacial score (nSPS) is 31.1. The zero-order valence-corrected chi connectivity index (χ0v) is 9.72. The summed E-state index contributed by atoms with van der Waals surface area (Å²) in [5.74, 6) is 0.811. The molecule has 0 aromatic carbocycles. The molecule has 82 valence electrons. The van der Waals surface area contributed by atoms with E-state index in [9.17, 15) is 4.79 Å². The fraction of sp³-hybridized carbons (Fsp3) is 0.615. The van der Waals surface area contributed by atoms with E-state index in [-0.39, 0.29) is 11.2 Å². The predicted molar refractivity (Wildman–Crippen MR) is 59.4 cm³/mol. The van der Waals surface area contributed by atoms with Gasteiger partial charge >= 0.3 is 0 Å². The van der Waals surface area contributed by atoms with E-state index >= 15 is 0 Å². The number of Topliss-reactive ketones (excluding diaryl/α,β-unsaturated/α-hetero) is 1. The van der Waals surface area contributed by atoms with Gasteiger partial charge in [0.05, 0.1) is 7.11 Å². The van der Waals surface area contributed by atoms with Crippen LogP contribution in [-0.4, -0.2) is 12.9 Å². The summed E-state index contributed by atoms with van der Waals surface area (Å²) in [7, 11) is 1.61. The molecule has 2 aliphatic rings. The van der Waals surface area contributed by atoms with Gasteiger partial charge in [-0.25, -0.2) is 0 Å². The van der Waals surface area contributed by atoms with E-state index in [4.69, 9.17) is 4.74 Å². The van der Waals surface area contributed by atoms with E-state index in [2.05, 4.69) is 19.9 Å². The van der Waals surface area contributed by atoms with Gasteiger partial charge in [-0.2, -0.15) is 0 Å². The zero-order chi connectivity index (χ0) is 11.1. The molecule has 0 fully saturated rings. The van der Waals surface area contributed by atoms with Gasteiger partial charge in [0.25, 0.3) is 0 Å². The number of rotatable bonds is 1. The maximum atomic E-state index is 11.7. The largest absolute Gasteiger partial charge is 0.493 e. The highest BCUT2D eigenvalue weighted by molar-refractivity contribution is 5.95. The molecule has 2 aliphatic carbocycles. The van der Waals surface area contributed by atoms with Crippen LogP contribution >= 0.6 is 0 Å². The van der Waals surface area contributed by atoms with Crippen LogP contribution in [0.2, 0.25) is 0 Å². The average Bonchev–Trinajstić information content (AvgIpc) is 2.19. The van der Waals surface area contributed by atoms with Gasteiger partial charge < -0.3 is 4.74 Å². The molecule has 0 amide bonds. The lowest BCUT2D eigenvalue weighted by Gasteiger charge is -2.38. The molecule has 1 atom stereocenters. The number of hydrogen-bond acceptors (Lipinski definition) is 2. The number of allylic oxidation sites excluding steroid dienone is 4. The van der Waals surface area contributed by atoms with Crippen LogP contribution in [0, 0.1) is 5.41 Å². The lowest BCUT2D eigenvalue weighted by molar-refractivity contribution is -0.119. The minimum Gasteiger partial charge on any atom is -0.493 e. The van der Waals surface area contributed by atoms with E-state index in [0.717, 1.165) is 19.3 Å². The maximum absolute atomic E-state index is 11.7. The molecule has 1 unspecified atom stereocenters. The van der Waals surface area contributed by atoms with Crippen LogP contribution in [0.1, 0.15) is 39.5 Å². The highest BCUT2D eigenvalue weighted by atomic mass is 16.5. The first-order valence-corrected chi connectivity index (χ1v) is 5.56. The van der Waals surface area contributed by atoms with Gasteiger partial charge in [0.15, 0.2) is 11.5 Å². The summed E-state index contributed by atoms with van der Waals surface area (Å²) in [6, 6.07) is 0. The summed E-state index contributed by atoms with van der Waals surface area (Å²) >= 11 is 0. The molecule has 0 saturated carbocycles. The maximum Gasteiger partial charge on any atom is 0.197 e. The Hall–Kier alpha value is -1.05. The molecule has 0 radical (unpaired) electrons. The molecule has 2 rings (SSSR count). The summed E-state index contributed by atoms with van der Waals surface area (Å²) in [4.78, 5) is 11.7. The van der Waals surface area contributed by atoms with Gasteiger partial charge in [-0.3, -0.25) is 4.79 Å². The first-order valence-electron chi connectivity index (χ1n) is 5.56. The van der Waals surface area contributed by atoms with Crippen LogP contribution in [0.5, 0.6) is 0 Å². The number of hydrogen-bond donors (Lipinski definition) is 0. The number of ether oxygens (including phenoxy) is 1. The summed E-state index contributed by atoms with van der Waals surface area (Å²) in [6.45, 7) is 4.39. The van der Waals surface area contributed by atoms with Crippen molar-refractivity contribution in [3.8, 4) is 0 Å². The summed E-state index contributed by atoms with van der Waals surface area (Å²) in [5, 5.41) is 0. The highest BCUT2D eigenvalue weighted by Crippen LogP contribution is 2.46. The van der Waals surface area contributed by atoms with Gasteiger partial charge in [0.2, 0.25) is 0 Å². The van der Waals surface area contributed by atoms with E-state index in [1.807, 2.05) is 0 Å². The van der Waals surface area contributed by atoms with Crippen molar-refractivity contribution >= 4 is 5.78 Å². The van der Waals surface area contributed by atoms with Crippen molar-refractivity contribution in [2.75, 3.05) is 7.11 Å². The van der Waals surface area contributed by atoms with Gasteiger partial charge in [-0.15, -0.1) is 0 Å². The average molecular weight is 206 g/mol. The molecule has 0 bridgehead atoms. The second kappa shape index (κ2) is 3.51. The second-order valence-electron chi connectivity index (χ2n) is 4.84. The molecule has 0 N–H and O–H groups in total. The molecule has 15 heavy (non-hydrogen) atoms. The Morgan fingerprint density at radius 2 is 2.07 bits per heavy atom. The Morgan fingerprint density at radius 1 is 1.33 bits per heavy atom. The lowest BCUT2D eigenvalue weighted by atomic mass is 9.67. The van der Waals surface area contributed by atoms with Crippen molar-refractivity contribution in [3.63, 3.8) is 0 Å². The van der Waals surface area contributed by atoms with Crippen molar-refractivity contribution in [3.05, 3.63) is 23.0 Å². The van der Waals surface area contributed by atoms with Gasteiger partial charge in [0.1, 0.15) is 0 Å². The Bertz CT molecular complexity index is 363. The first-order chi connectivity index (χ1) is 7.07. The number of ketones is 1. The van der Waals surface area contributed by atoms with Crippen LogP contribution in [-0.2, 0) is 9.53 Å². The Balaban J connectivity index is 2.51. The molecule has 2 nitrogen and oxygen atoms in total. The van der Waals surface area contributed by atoms with E-state index < -0.39 is 0 Å². The minimum absolute atomic E-state index is 0.0710. The highest BCUT2D eigenvalue weighted by Gasteiger charge is 2.38. The standard InChI is InChI=1S/C13H18O2/c1-9-4-5-10-12(15-3)11(14)6-7-13(10,2)8-9/h8H,4-7H2,1-3H3. The third-order valence-electron chi connectivity index (χ3n) is 3.63. The van der Waals surface area contributed by atoms with Crippen molar-refractivity contribution in [1.82, 2.24) is 0 Å². The number of carbonyl (C=O) groups is 1. The van der Waals surface area contributed by atoms with Crippen LogP contribution in [0.25, 0.3) is 0 Å². The van der Waals surface area contributed by atoms with E-state index in [0.29, 0.717) is 12.2 Å². The molecule has 2 heteroatoms. The smallest absolute Gasteiger partial charge is 0.197 e. The van der Waals surface area contributed by atoms with E-state index in [1.165, 1.54) is 11.1 Å². The predicted octanol–water partition coefficient (Wildman–Crippen LogP) is 3.00. The van der Waals surface area contributed by atoms with Crippen molar-refractivity contribution in [2.45, 2.75) is 39.5 Å². The zero-order valence-electron chi connectivity index (χ0n) is 9.72. The topological polar surface area (TPSA) is 26.3 Å². The minimum atomic E-state index is 0.0710. The lowest BCUT2D eigenvalue weighted by Crippen LogP contribution is -2.30. The Morgan fingerprint density at radius 3 is 2.73 bits per heavy atom. The van der Waals surface area contributed by atoms with Crippen molar-refractivity contribution in [2.24, 2.45) is 5.41 Å². The third-order valence-corrected chi connectivity index (χ3v) is 3.63. The number of carbonyl (C=O) groups excluding carboxylic acids is 1. The monoisotopic (exact) mass is 206 g/mol. The number of methoxy groups -OCH3 is 1. The Kier molecular flexibility index (Phi) is 2.45. The molecule has 0 saturated heterocycles. The fourth-order valence-electron chi connectivity index (χ4n) is 2.80. The molecule has 0 aromatic heterocycles. The summed E-state index contributed by atoms with van der Waals surface area (Å²) < 4.78 is 5.27. The van der Waals surface area contributed by atoms with Crippen LogP contribution < -0.4 is 0 Å². The molecule has 0 aromatic rings. The SMILES string of the molecule is COC1=C2CCC(C)=CC2(C)CCC1=O. The molecular weight excluding hydrogens is 188 g/mol. The quantitative estimate of drug-likeness (QED) is 0.616. The Labute approximate surface area is 91.0 Å². The van der Waals surface area contributed by atoms with E-state index in [1.54, 1.807) is 7.11 Å². The first kappa shape index (κ1) is 10.5. The van der Waals surface area contributed by atoms with Gasteiger partial charge in [-0.05, 0) is 31.8 Å². The molecule has 0 aliphatic heterocycles. The van der Waals surface area contributed by atoms with Crippen LogP contribution in [0.3, 0.4) is 0 Å². The van der Waals surface area contributed by atoms with Gasteiger partial charge in [-0.1, -0.05) is 18.6 Å². The molecule has 0 heterocycles. The fourth-order valence-corrected chi connectivity index (χ4v) is 2.80.